The number of hydrogen-bond donors (Lipinski definition) is 1. The number of nitrogens with zero attached hydrogens (tertiary/aromatic N) is 1. The van der Waals surface area contributed by atoms with Crippen LogP contribution in [0.1, 0.15) is 45.7 Å². The lowest BCUT2D eigenvalue weighted by atomic mass is 9.89. The molecule has 0 fully saturated rings. The van der Waals surface area contributed by atoms with E-state index in [-0.39, 0.29) is 6.04 Å². The van der Waals surface area contributed by atoms with E-state index >= 15 is 0 Å². The Bertz CT molecular complexity index is 380. The summed E-state index contributed by atoms with van der Waals surface area (Å²) in [4.78, 5) is 2.52. The molecule has 3 nitrogen and oxygen atoms in total. The second-order valence-corrected chi connectivity index (χ2v) is 6.16. The van der Waals surface area contributed by atoms with E-state index in [1.165, 1.54) is 5.56 Å². The first-order valence-electron chi connectivity index (χ1n) is 8.08. The lowest BCUT2D eigenvalue weighted by molar-refractivity contribution is 0.0553. The predicted molar refractivity (Wildman–Crippen MR) is 90.3 cm³/mol. The van der Waals surface area contributed by atoms with Gasteiger partial charge in [0.05, 0.1) is 6.61 Å². The maximum absolute atomic E-state index is 6.62. The van der Waals surface area contributed by atoms with E-state index in [0.29, 0.717) is 18.0 Å². The van der Waals surface area contributed by atoms with Crippen LogP contribution in [-0.4, -0.2) is 37.2 Å². The molecule has 2 N–H and O–H groups in total. The molecule has 0 spiro atoms. The highest BCUT2D eigenvalue weighted by atomic mass is 16.5. The largest absolute Gasteiger partial charge is 0.383 e. The van der Waals surface area contributed by atoms with Crippen molar-refractivity contribution in [3.8, 4) is 0 Å². The molecule has 0 aliphatic heterocycles. The fourth-order valence-corrected chi connectivity index (χ4v) is 2.97. The van der Waals surface area contributed by atoms with Crippen molar-refractivity contribution < 1.29 is 4.74 Å². The smallest absolute Gasteiger partial charge is 0.0589 e. The molecule has 3 atom stereocenters. The van der Waals surface area contributed by atoms with Gasteiger partial charge in [-0.15, -0.1) is 0 Å². The van der Waals surface area contributed by atoms with Gasteiger partial charge in [-0.3, -0.25) is 4.90 Å². The molecule has 1 rings (SSSR count). The Morgan fingerprint density at radius 3 is 2.24 bits per heavy atom. The number of rotatable bonds is 9. The first-order valence-corrected chi connectivity index (χ1v) is 8.08. The van der Waals surface area contributed by atoms with E-state index in [1.807, 2.05) is 6.07 Å². The van der Waals surface area contributed by atoms with Crippen LogP contribution in [-0.2, 0) is 4.74 Å². The number of nitrogens with two attached hydrogens (primary N) is 1. The van der Waals surface area contributed by atoms with E-state index in [4.69, 9.17) is 10.5 Å². The Morgan fingerprint density at radius 1 is 1.14 bits per heavy atom. The quantitative estimate of drug-likeness (QED) is 0.757. The number of benzene rings is 1. The van der Waals surface area contributed by atoms with E-state index in [1.54, 1.807) is 7.11 Å². The molecule has 0 saturated carbocycles. The standard InChI is InChI=1S/C18H32N2O/c1-6-15(4)20(12-13-21-5)18(14(2)3)17(19)16-10-8-7-9-11-16/h7-11,14-15,17-18H,6,12-13,19H2,1-5H3. The summed E-state index contributed by atoms with van der Waals surface area (Å²) in [5.41, 5.74) is 7.83. The SMILES string of the molecule is CCC(C)N(CCOC)C(C(C)C)C(N)c1ccccc1. The molecule has 0 bridgehead atoms. The van der Waals surface area contributed by atoms with Crippen molar-refractivity contribution in [1.82, 2.24) is 4.90 Å². The highest BCUT2D eigenvalue weighted by Gasteiger charge is 2.31. The van der Waals surface area contributed by atoms with Crippen molar-refractivity contribution in [3.63, 3.8) is 0 Å². The van der Waals surface area contributed by atoms with Crippen molar-refractivity contribution in [2.45, 2.75) is 52.2 Å². The van der Waals surface area contributed by atoms with Crippen LogP contribution in [0.3, 0.4) is 0 Å². The summed E-state index contributed by atoms with van der Waals surface area (Å²) in [6, 6.07) is 11.3. The fourth-order valence-electron chi connectivity index (χ4n) is 2.97. The van der Waals surface area contributed by atoms with Gasteiger partial charge in [0.15, 0.2) is 0 Å². The lowest BCUT2D eigenvalue weighted by Gasteiger charge is -2.41. The van der Waals surface area contributed by atoms with Crippen LogP contribution in [0.5, 0.6) is 0 Å². The zero-order valence-electron chi connectivity index (χ0n) is 14.3. The molecule has 1 aromatic carbocycles. The summed E-state index contributed by atoms with van der Waals surface area (Å²) in [5.74, 6) is 0.492. The van der Waals surface area contributed by atoms with E-state index in [9.17, 15) is 0 Å². The molecule has 0 aliphatic carbocycles. The van der Waals surface area contributed by atoms with E-state index in [2.05, 4.69) is 56.9 Å². The normalized spacial score (nSPS) is 16.2. The van der Waals surface area contributed by atoms with Gasteiger partial charge in [-0.1, -0.05) is 51.1 Å². The molecule has 3 unspecified atom stereocenters. The third-order valence-electron chi connectivity index (χ3n) is 4.33. The lowest BCUT2D eigenvalue weighted by Crippen LogP contribution is -2.51. The fraction of sp³-hybridized carbons (Fsp3) is 0.667. The molecule has 3 heteroatoms. The molecule has 120 valence electrons. The summed E-state index contributed by atoms with van der Waals surface area (Å²) in [6.45, 7) is 10.7. The Kier molecular flexibility index (Phi) is 7.94. The van der Waals surface area contributed by atoms with Crippen LogP contribution >= 0.6 is 0 Å². The monoisotopic (exact) mass is 292 g/mol. The first-order chi connectivity index (χ1) is 10.0. The highest BCUT2D eigenvalue weighted by Crippen LogP contribution is 2.27. The molecule has 1 aromatic rings. The summed E-state index contributed by atoms with van der Waals surface area (Å²) in [5, 5.41) is 0. The van der Waals surface area contributed by atoms with Gasteiger partial charge in [0.2, 0.25) is 0 Å². The van der Waals surface area contributed by atoms with Gasteiger partial charge >= 0.3 is 0 Å². The third-order valence-corrected chi connectivity index (χ3v) is 4.33. The predicted octanol–water partition coefficient (Wildman–Crippen LogP) is 3.46. The summed E-state index contributed by atoms with van der Waals surface area (Å²) < 4.78 is 5.30. The molecule has 0 aliphatic rings. The minimum atomic E-state index is 0.0251. The Morgan fingerprint density at radius 2 is 1.76 bits per heavy atom. The van der Waals surface area contributed by atoms with Crippen LogP contribution < -0.4 is 5.73 Å². The first kappa shape index (κ1) is 18.1. The van der Waals surface area contributed by atoms with Gasteiger partial charge in [-0.2, -0.15) is 0 Å². The minimum Gasteiger partial charge on any atom is -0.383 e. The zero-order chi connectivity index (χ0) is 15.8. The van der Waals surface area contributed by atoms with Crippen LogP contribution in [0.4, 0.5) is 0 Å². The summed E-state index contributed by atoms with van der Waals surface area (Å²) in [7, 11) is 1.76. The average Bonchev–Trinajstić information content (AvgIpc) is 2.50. The van der Waals surface area contributed by atoms with Crippen molar-refractivity contribution in [2.75, 3.05) is 20.3 Å². The van der Waals surface area contributed by atoms with Crippen molar-refractivity contribution in [3.05, 3.63) is 35.9 Å². The van der Waals surface area contributed by atoms with Crippen LogP contribution in [0.2, 0.25) is 0 Å². The molecule has 0 heterocycles. The average molecular weight is 292 g/mol. The molecule has 0 aromatic heterocycles. The number of hydrogen-bond acceptors (Lipinski definition) is 3. The van der Waals surface area contributed by atoms with Crippen LogP contribution in [0, 0.1) is 5.92 Å². The maximum Gasteiger partial charge on any atom is 0.0589 e. The summed E-state index contributed by atoms with van der Waals surface area (Å²) in [6.07, 6.45) is 1.12. The van der Waals surface area contributed by atoms with E-state index < -0.39 is 0 Å². The van der Waals surface area contributed by atoms with Gasteiger partial charge in [0, 0.05) is 31.8 Å². The number of ether oxygens (including phenoxy) is 1. The van der Waals surface area contributed by atoms with Crippen molar-refractivity contribution >= 4 is 0 Å². The summed E-state index contributed by atoms with van der Waals surface area (Å²) >= 11 is 0. The Hall–Kier alpha value is -0.900. The molecule has 0 amide bonds. The molecular weight excluding hydrogens is 260 g/mol. The highest BCUT2D eigenvalue weighted by molar-refractivity contribution is 5.20. The van der Waals surface area contributed by atoms with Gasteiger partial charge in [-0.25, -0.2) is 0 Å². The van der Waals surface area contributed by atoms with Crippen molar-refractivity contribution in [1.29, 1.82) is 0 Å². The molecule has 21 heavy (non-hydrogen) atoms. The second-order valence-electron chi connectivity index (χ2n) is 6.16. The molecule has 0 radical (unpaired) electrons. The maximum atomic E-state index is 6.62. The van der Waals surface area contributed by atoms with Crippen LogP contribution in [0.25, 0.3) is 0 Å². The minimum absolute atomic E-state index is 0.0251. The van der Waals surface area contributed by atoms with E-state index in [0.717, 1.165) is 19.6 Å². The van der Waals surface area contributed by atoms with Crippen molar-refractivity contribution in [2.24, 2.45) is 11.7 Å². The third kappa shape index (κ3) is 5.10. The van der Waals surface area contributed by atoms with Gasteiger partial charge in [-0.05, 0) is 24.8 Å². The molecule has 0 saturated heterocycles. The topological polar surface area (TPSA) is 38.5 Å². The van der Waals surface area contributed by atoms with Gasteiger partial charge in [0.1, 0.15) is 0 Å². The Balaban J connectivity index is 3.00. The zero-order valence-corrected chi connectivity index (χ0v) is 14.3. The van der Waals surface area contributed by atoms with Gasteiger partial charge < -0.3 is 10.5 Å². The Labute approximate surface area is 130 Å². The number of methoxy groups -OCH3 is 1. The van der Waals surface area contributed by atoms with Gasteiger partial charge in [0.25, 0.3) is 0 Å². The van der Waals surface area contributed by atoms with Crippen LogP contribution in [0.15, 0.2) is 30.3 Å². The second kappa shape index (κ2) is 9.19. The molecular formula is C18H32N2O.